The van der Waals surface area contributed by atoms with Gasteiger partial charge in [0.15, 0.2) is 0 Å². The molecule has 87 valence electrons. The molecular weight excluding hydrogens is 198 g/mol. The normalized spacial score (nSPS) is 49.4. The van der Waals surface area contributed by atoms with E-state index >= 15 is 0 Å². The largest absolute Gasteiger partial charge is 0.353 e. The maximum Gasteiger partial charge on any atom is 0.226 e. The molecule has 1 N–H and O–H groups in total. The molecule has 5 aliphatic carbocycles. The number of carbonyl (C=O) groups excluding carboxylic acids is 1. The lowest BCUT2D eigenvalue weighted by molar-refractivity contribution is -0.142. The fraction of sp³-hybridized carbons (Fsp3) is 0.857. The molecule has 0 aromatic carbocycles. The lowest BCUT2D eigenvalue weighted by Crippen LogP contribution is -2.54. The average Bonchev–Trinajstić information content (AvgIpc) is 2.99. The van der Waals surface area contributed by atoms with E-state index in [0.717, 1.165) is 30.6 Å². The van der Waals surface area contributed by atoms with Crippen molar-refractivity contribution < 1.29 is 4.79 Å². The predicted octanol–water partition coefficient (Wildman–Crippen LogP) is 2.30. The molecule has 5 rings (SSSR count). The molecule has 2 heteroatoms. The Bertz CT molecular complexity index is 296. The van der Waals surface area contributed by atoms with Crippen molar-refractivity contribution >= 4 is 5.91 Å². The quantitative estimate of drug-likeness (QED) is 0.757. The van der Waals surface area contributed by atoms with Gasteiger partial charge in [0.2, 0.25) is 5.91 Å². The SMILES string of the molecule is O=C(NC1CC1)[C@]12C[C@@H]3[CH][C@@H](C[C@@H](C3)C1)C2. The van der Waals surface area contributed by atoms with E-state index in [1.54, 1.807) is 0 Å². The molecule has 5 saturated carbocycles. The van der Waals surface area contributed by atoms with Crippen LogP contribution in [0.2, 0.25) is 0 Å². The number of amides is 1. The van der Waals surface area contributed by atoms with Gasteiger partial charge in [0.25, 0.3) is 0 Å². The zero-order valence-electron chi connectivity index (χ0n) is 9.74. The Hall–Kier alpha value is -0.530. The Morgan fingerprint density at radius 1 is 1.12 bits per heavy atom. The van der Waals surface area contributed by atoms with Gasteiger partial charge in [-0.15, -0.1) is 0 Å². The van der Waals surface area contributed by atoms with Crippen LogP contribution < -0.4 is 5.32 Å². The van der Waals surface area contributed by atoms with Gasteiger partial charge in [0.05, 0.1) is 0 Å². The fourth-order valence-electron chi connectivity index (χ4n) is 4.61. The summed E-state index contributed by atoms with van der Waals surface area (Å²) in [7, 11) is 0. The molecular formula is C14H20NO. The second-order valence-electron chi connectivity index (χ2n) is 6.69. The molecule has 0 saturated heterocycles. The number of hydrogen-bond donors (Lipinski definition) is 1. The summed E-state index contributed by atoms with van der Waals surface area (Å²) in [6, 6.07) is 0.532. The molecule has 0 heterocycles. The topological polar surface area (TPSA) is 29.1 Å². The molecule has 0 aliphatic heterocycles. The van der Waals surface area contributed by atoms with Crippen LogP contribution in [-0.4, -0.2) is 11.9 Å². The van der Waals surface area contributed by atoms with Gasteiger partial charge in [-0.3, -0.25) is 4.79 Å². The summed E-state index contributed by atoms with van der Waals surface area (Å²) in [5, 5.41) is 3.26. The van der Waals surface area contributed by atoms with Crippen molar-refractivity contribution in [3.05, 3.63) is 6.42 Å². The highest BCUT2D eigenvalue weighted by Crippen LogP contribution is 2.59. The highest BCUT2D eigenvalue weighted by atomic mass is 16.2. The second-order valence-corrected chi connectivity index (χ2v) is 6.69. The molecule has 0 unspecified atom stereocenters. The third kappa shape index (κ3) is 1.34. The summed E-state index contributed by atoms with van der Waals surface area (Å²) in [4.78, 5) is 12.4. The Morgan fingerprint density at radius 2 is 1.81 bits per heavy atom. The van der Waals surface area contributed by atoms with E-state index in [2.05, 4.69) is 11.7 Å². The van der Waals surface area contributed by atoms with Crippen molar-refractivity contribution in [2.75, 3.05) is 0 Å². The zero-order valence-corrected chi connectivity index (χ0v) is 9.74. The summed E-state index contributed by atoms with van der Waals surface area (Å²) in [5.41, 5.74) is 0.0494. The van der Waals surface area contributed by atoms with Gasteiger partial charge in [0.1, 0.15) is 0 Å². The lowest BCUT2D eigenvalue weighted by atomic mass is 9.49. The van der Waals surface area contributed by atoms with Crippen LogP contribution in [0.4, 0.5) is 0 Å². The first-order valence-electron chi connectivity index (χ1n) is 6.89. The first-order valence-corrected chi connectivity index (χ1v) is 6.89. The van der Waals surface area contributed by atoms with Crippen molar-refractivity contribution in [1.82, 2.24) is 5.32 Å². The van der Waals surface area contributed by atoms with Gasteiger partial charge in [0, 0.05) is 11.5 Å². The standard InChI is InChI=1S/C14H20NO/c16-13(15-12-1-2-12)14-6-9-3-10(7-14)5-11(4-9)8-14/h3,9-12H,1-2,4-8H2,(H,15,16)/t9-,10+,11-,14+. The number of carbonyl (C=O) groups is 1. The highest BCUT2D eigenvalue weighted by Gasteiger charge is 2.55. The van der Waals surface area contributed by atoms with Gasteiger partial charge in [-0.1, -0.05) is 0 Å². The van der Waals surface area contributed by atoms with Crippen LogP contribution in [0.3, 0.4) is 0 Å². The smallest absolute Gasteiger partial charge is 0.226 e. The van der Waals surface area contributed by atoms with Crippen LogP contribution in [0, 0.1) is 29.6 Å². The number of rotatable bonds is 2. The van der Waals surface area contributed by atoms with E-state index < -0.39 is 0 Å². The fourth-order valence-corrected chi connectivity index (χ4v) is 4.61. The van der Waals surface area contributed by atoms with Crippen LogP contribution >= 0.6 is 0 Å². The Balaban J connectivity index is 1.58. The molecule has 5 fully saturated rings. The number of hydrogen-bond acceptors (Lipinski definition) is 1. The van der Waals surface area contributed by atoms with E-state index in [-0.39, 0.29) is 5.41 Å². The Morgan fingerprint density at radius 3 is 2.38 bits per heavy atom. The highest BCUT2D eigenvalue weighted by molar-refractivity contribution is 5.83. The first kappa shape index (κ1) is 9.49. The van der Waals surface area contributed by atoms with E-state index in [4.69, 9.17) is 0 Å². The van der Waals surface area contributed by atoms with Gasteiger partial charge < -0.3 is 5.32 Å². The van der Waals surface area contributed by atoms with Gasteiger partial charge in [-0.05, 0) is 69.1 Å². The maximum atomic E-state index is 12.4. The van der Waals surface area contributed by atoms with Crippen molar-refractivity contribution in [3.8, 4) is 0 Å². The monoisotopic (exact) mass is 218 g/mol. The minimum absolute atomic E-state index is 0.0494. The first-order chi connectivity index (χ1) is 7.73. The third-order valence-corrected chi connectivity index (χ3v) is 5.20. The van der Waals surface area contributed by atoms with Gasteiger partial charge in [-0.25, -0.2) is 0 Å². The zero-order chi connectivity index (χ0) is 10.8. The summed E-state index contributed by atoms with van der Waals surface area (Å²) in [5.74, 6) is 2.78. The summed E-state index contributed by atoms with van der Waals surface area (Å²) < 4.78 is 0. The Labute approximate surface area is 97.2 Å². The minimum atomic E-state index is 0.0494. The van der Waals surface area contributed by atoms with Crippen LogP contribution in [0.1, 0.15) is 44.9 Å². The average molecular weight is 218 g/mol. The van der Waals surface area contributed by atoms with Crippen LogP contribution in [0.5, 0.6) is 0 Å². The molecule has 4 atom stereocenters. The Kier molecular flexibility index (Phi) is 1.79. The molecule has 2 nitrogen and oxygen atoms in total. The van der Waals surface area contributed by atoms with Crippen molar-refractivity contribution in [3.63, 3.8) is 0 Å². The van der Waals surface area contributed by atoms with Gasteiger partial charge >= 0.3 is 0 Å². The number of nitrogens with one attached hydrogen (secondary N) is 1. The molecule has 0 aromatic rings. The molecule has 0 spiro atoms. The van der Waals surface area contributed by atoms with Gasteiger partial charge in [-0.2, -0.15) is 0 Å². The lowest BCUT2D eigenvalue weighted by Gasteiger charge is -2.55. The van der Waals surface area contributed by atoms with Crippen LogP contribution in [0.15, 0.2) is 0 Å². The second kappa shape index (κ2) is 3.02. The van der Waals surface area contributed by atoms with Crippen LogP contribution in [-0.2, 0) is 4.79 Å². The van der Waals surface area contributed by atoms with E-state index in [1.807, 2.05) is 0 Å². The van der Waals surface area contributed by atoms with Crippen molar-refractivity contribution in [1.29, 1.82) is 0 Å². The summed E-state index contributed by atoms with van der Waals surface area (Å²) in [6.07, 6.45) is 11.2. The van der Waals surface area contributed by atoms with E-state index in [1.165, 1.54) is 32.1 Å². The third-order valence-electron chi connectivity index (χ3n) is 5.20. The van der Waals surface area contributed by atoms with E-state index in [9.17, 15) is 4.79 Å². The minimum Gasteiger partial charge on any atom is -0.353 e. The molecule has 1 radical (unpaired) electrons. The maximum absolute atomic E-state index is 12.4. The summed E-state index contributed by atoms with van der Waals surface area (Å²) >= 11 is 0. The van der Waals surface area contributed by atoms with Crippen molar-refractivity contribution in [2.24, 2.45) is 23.2 Å². The molecule has 16 heavy (non-hydrogen) atoms. The van der Waals surface area contributed by atoms with Crippen LogP contribution in [0.25, 0.3) is 0 Å². The molecule has 5 aliphatic rings. The molecule has 0 aromatic heterocycles. The van der Waals surface area contributed by atoms with E-state index in [0.29, 0.717) is 11.9 Å². The molecule has 1 amide bonds. The summed E-state index contributed by atoms with van der Waals surface area (Å²) in [6.45, 7) is 0. The molecule has 4 bridgehead atoms. The predicted molar refractivity (Wildman–Crippen MR) is 61.5 cm³/mol. The van der Waals surface area contributed by atoms with Crippen molar-refractivity contribution in [2.45, 2.75) is 51.0 Å².